The van der Waals surface area contributed by atoms with Crippen molar-refractivity contribution in [1.29, 1.82) is 0 Å². The molecule has 0 amide bonds. The van der Waals surface area contributed by atoms with Gasteiger partial charge in [-0.2, -0.15) is 0 Å². The summed E-state index contributed by atoms with van der Waals surface area (Å²) in [6, 6.07) is 15.3. The predicted octanol–water partition coefficient (Wildman–Crippen LogP) is 4.17. The largest absolute Gasteiger partial charge is 0.497 e. The Balaban J connectivity index is 1.96. The molecule has 108 valence electrons. The summed E-state index contributed by atoms with van der Waals surface area (Å²) in [6.45, 7) is 0. The van der Waals surface area contributed by atoms with Crippen LogP contribution < -0.4 is 4.74 Å². The molecule has 22 heavy (non-hydrogen) atoms. The summed E-state index contributed by atoms with van der Waals surface area (Å²) >= 11 is 0. The molecule has 0 bridgehead atoms. The molecule has 0 spiro atoms. The van der Waals surface area contributed by atoms with Gasteiger partial charge in [0.25, 0.3) is 0 Å². The topological polar surface area (TPSA) is 43.9 Å². The molecular weight excluding hydrogens is 278 g/mol. The number of rotatable bonds is 3. The van der Waals surface area contributed by atoms with Crippen LogP contribution in [0.1, 0.15) is 10.5 Å². The summed E-state index contributed by atoms with van der Waals surface area (Å²) in [7, 11) is 1.63. The second-order valence-electron chi connectivity index (χ2n) is 5.07. The molecule has 0 aliphatic carbocycles. The fourth-order valence-electron chi connectivity index (χ4n) is 2.74. The van der Waals surface area contributed by atoms with E-state index in [1.54, 1.807) is 7.11 Å². The Hall–Kier alpha value is -3.01. The number of aldehydes is 1. The van der Waals surface area contributed by atoms with Gasteiger partial charge in [0.1, 0.15) is 17.1 Å². The van der Waals surface area contributed by atoms with E-state index in [1.165, 1.54) is 0 Å². The Bertz CT molecular complexity index is 994. The first-order chi connectivity index (χ1) is 10.8. The van der Waals surface area contributed by atoms with Crippen LogP contribution in [0.25, 0.3) is 27.8 Å². The van der Waals surface area contributed by atoms with Crippen LogP contribution in [0.15, 0.2) is 59.1 Å². The minimum absolute atomic E-state index is 0.585. The zero-order valence-corrected chi connectivity index (χ0v) is 11.9. The van der Waals surface area contributed by atoms with E-state index in [0.29, 0.717) is 11.5 Å². The SMILES string of the molecule is COc1ccc2oc(-c3cc4ccccn4c3C=O)cc2c1. The first-order valence-electron chi connectivity index (χ1n) is 6.93. The lowest BCUT2D eigenvalue weighted by atomic mass is 10.1. The summed E-state index contributed by atoms with van der Waals surface area (Å²) in [4.78, 5) is 11.5. The standard InChI is InChI=1S/C18H13NO3/c1-21-14-5-6-17-12(8-14)9-18(22-17)15-10-13-4-2-3-7-19(13)16(15)11-20/h2-11H,1H3. The molecule has 0 radical (unpaired) electrons. The normalized spacial score (nSPS) is 11.1. The van der Waals surface area contributed by atoms with E-state index in [1.807, 2.05) is 59.1 Å². The first kappa shape index (κ1) is 12.7. The number of methoxy groups -OCH3 is 1. The van der Waals surface area contributed by atoms with Crippen LogP contribution in [0.5, 0.6) is 5.75 Å². The van der Waals surface area contributed by atoms with Gasteiger partial charge in [0.15, 0.2) is 6.29 Å². The summed E-state index contributed by atoms with van der Waals surface area (Å²) in [6.07, 6.45) is 2.73. The molecule has 0 aliphatic heterocycles. The molecule has 0 N–H and O–H groups in total. The Morgan fingerprint density at radius 2 is 2.05 bits per heavy atom. The molecule has 0 unspecified atom stereocenters. The Morgan fingerprint density at radius 3 is 2.86 bits per heavy atom. The highest BCUT2D eigenvalue weighted by Gasteiger charge is 2.15. The van der Waals surface area contributed by atoms with Crippen molar-refractivity contribution in [2.75, 3.05) is 7.11 Å². The number of carbonyl (C=O) groups excluding carboxylic acids is 1. The van der Waals surface area contributed by atoms with Crippen molar-refractivity contribution in [2.45, 2.75) is 0 Å². The number of furan rings is 1. The number of ether oxygens (including phenoxy) is 1. The van der Waals surface area contributed by atoms with Gasteiger partial charge in [-0.15, -0.1) is 0 Å². The van der Waals surface area contributed by atoms with Gasteiger partial charge in [0.05, 0.1) is 12.8 Å². The fraction of sp³-hybridized carbons (Fsp3) is 0.0556. The van der Waals surface area contributed by atoms with Crippen molar-refractivity contribution in [3.8, 4) is 17.1 Å². The minimum atomic E-state index is 0.585. The maximum absolute atomic E-state index is 11.5. The van der Waals surface area contributed by atoms with Gasteiger partial charge < -0.3 is 13.6 Å². The van der Waals surface area contributed by atoms with Crippen molar-refractivity contribution in [3.63, 3.8) is 0 Å². The summed E-state index contributed by atoms with van der Waals surface area (Å²) < 4.78 is 13.0. The third-order valence-corrected chi connectivity index (χ3v) is 3.82. The molecule has 1 aromatic carbocycles. The van der Waals surface area contributed by atoms with Gasteiger partial charge in [0, 0.05) is 22.7 Å². The Morgan fingerprint density at radius 1 is 1.14 bits per heavy atom. The molecule has 0 aliphatic rings. The van der Waals surface area contributed by atoms with Crippen LogP contribution in [-0.2, 0) is 0 Å². The highest BCUT2D eigenvalue weighted by molar-refractivity contribution is 5.92. The smallest absolute Gasteiger partial charge is 0.167 e. The monoisotopic (exact) mass is 291 g/mol. The summed E-state index contributed by atoms with van der Waals surface area (Å²) in [5, 5.41) is 0.946. The predicted molar refractivity (Wildman–Crippen MR) is 84.5 cm³/mol. The molecule has 4 heteroatoms. The van der Waals surface area contributed by atoms with E-state index in [2.05, 4.69) is 0 Å². The number of nitrogens with zero attached hydrogens (tertiary/aromatic N) is 1. The van der Waals surface area contributed by atoms with Crippen LogP contribution in [0.2, 0.25) is 0 Å². The second kappa shape index (κ2) is 4.77. The molecule has 0 atom stereocenters. The zero-order chi connectivity index (χ0) is 15.1. The van der Waals surface area contributed by atoms with E-state index in [9.17, 15) is 4.79 Å². The summed E-state index contributed by atoms with van der Waals surface area (Å²) in [5.74, 6) is 1.45. The van der Waals surface area contributed by atoms with Crippen LogP contribution in [-0.4, -0.2) is 17.8 Å². The average molecular weight is 291 g/mol. The lowest BCUT2D eigenvalue weighted by Crippen LogP contribution is -1.90. The average Bonchev–Trinajstić information content (AvgIpc) is 3.14. The number of pyridine rings is 1. The molecule has 0 fully saturated rings. The van der Waals surface area contributed by atoms with Crippen molar-refractivity contribution in [3.05, 3.63) is 60.4 Å². The van der Waals surface area contributed by atoms with Crippen LogP contribution in [0.3, 0.4) is 0 Å². The van der Waals surface area contributed by atoms with Crippen molar-refractivity contribution in [2.24, 2.45) is 0 Å². The zero-order valence-electron chi connectivity index (χ0n) is 11.9. The lowest BCUT2D eigenvalue weighted by molar-refractivity contribution is 0.111. The van der Waals surface area contributed by atoms with Crippen LogP contribution in [0.4, 0.5) is 0 Å². The second-order valence-corrected chi connectivity index (χ2v) is 5.07. The maximum Gasteiger partial charge on any atom is 0.167 e. The number of aromatic nitrogens is 1. The number of hydrogen-bond acceptors (Lipinski definition) is 3. The lowest BCUT2D eigenvalue weighted by Gasteiger charge is -1.97. The van der Waals surface area contributed by atoms with E-state index in [0.717, 1.165) is 34.1 Å². The van der Waals surface area contributed by atoms with Gasteiger partial charge in [-0.1, -0.05) is 6.07 Å². The molecule has 0 saturated heterocycles. The third kappa shape index (κ3) is 1.81. The molecule has 4 rings (SSSR count). The molecule has 4 aromatic rings. The number of fused-ring (bicyclic) bond motifs is 2. The molecule has 4 nitrogen and oxygen atoms in total. The van der Waals surface area contributed by atoms with Gasteiger partial charge in [-0.25, -0.2) is 0 Å². The number of hydrogen-bond donors (Lipinski definition) is 0. The van der Waals surface area contributed by atoms with E-state index >= 15 is 0 Å². The Labute approximate surface area is 126 Å². The van der Waals surface area contributed by atoms with E-state index < -0.39 is 0 Å². The van der Waals surface area contributed by atoms with Crippen molar-refractivity contribution in [1.82, 2.24) is 4.40 Å². The van der Waals surface area contributed by atoms with Crippen molar-refractivity contribution < 1.29 is 13.9 Å². The van der Waals surface area contributed by atoms with Crippen molar-refractivity contribution >= 4 is 22.8 Å². The molecular formula is C18H13NO3. The molecule has 0 saturated carbocycles. The van der Waals surface area contributed by atoms with Gasteiger partial charge in [-0.3, -0.25) is 4.79 Å². The first-order valence-corrected chi connectivity index (χ1v) is 6.93. The van der Waals surface area contributed by atoms with Crippen LogP contribution >= 0.6 is 0 Å². The van der Waals surface area contributed by atoms with Gasteiger partial charge >= 0.3 is 0 Å². The third-order valence-electron chi connectivity index (χ3n) is 3.82. The Kier molecular flexibility index (Phi) is 2.76. The highest BCUT2D eigenvalue weighted by Crippen LogP contribution is 2.33. The maximum atomic E-state index is 11.5. The fourth-order valence-corrected chi connectivity index (χ4v) is 2.74. The molecule has 3 aromatic heterocycles. The van der Waals surface area contributed by atoms with E-state index in [4.69, 9.17) is 9.15 Å². The van der Waals surface area contributed by atoms with Gasteiger partial charge in [0.2, 0.25) is 0 Å². The van der Waals surface area contributed by atoms with Crippen LogP contribution in [0, 0.1) is 0 Å². The minimum Gasteiger partial charge on any atom is -0.497 e. The number of benzene rings is 1. The molecule has 3 heterocycles. The van der Waals surface area contributed by atoms with Gasteiger partial charge in [-0.05, 0) is 42.5 Å². The number of carbonyl (C=O) groups is 1. The highest BCUT2D eigenvalue weighted by atomic mass is 16.5. The van der Waals surface area contributed by atoms with E-state index in [-0.39, 0.29) is 0 Å². The quantitative estimate of drug-likeness (QED) is 0.532. The summed E-state index contributed by atoms with van der Waals surface area (Å²) in [5.41, 5.74) is 3.10.